The summed E-state index contributed by atoms with van der Waals surface area (Å²) in [6.45, 7) is 1.85. The van der Waals surface area contributed by atoms with E-state index in [1.165, 1.54) is 18.2 Å². The zero-order chi connectivity index (χ0) is 24.7. The van der Waals surface area contributed by atoms with Crippen LogP contribution in [0.5, 0.6) is 0 Å². The molecule has 0 saturated heterocycles. The third-order valence-corrected chi connectivity index (χ3v) is 6.26. The minimum Gasteiger partial charge on any atom is -0.436 e. The number of alkyl halides is 3. The van der Waals surface area contributed by atoms with Crippen LogP contribution in [-0.4, -0.2) is 29.8 Å². The van der Waals surface area contributed by atoms with Gasteiger partial charge in [0.15, 0.2) is 5.58 Å². The first kappa shape index (κ1) is 22.9. The van der Waals surface area contributed by atoms with Crippen LogP contribution in [0.1, 0.15) is 21.5 Å². The number of halogens is 3. The molecule has 172 valence electrons. The maximum absolute atomic E-state index is 13.1. The van der Waals surface area contributed by atoms with Crippen molar-refractivity contribution in [3.8, 4) is 17.5 Å². The van der Waals surface area contributed by atoms with E-state index in [0.717, 1.165) is 17.7 Å². The fourth-order valence-electron chi connectivity index (χ4n) is 3.13. The largest absolute Gasteiger partial charge is 0.501 e. The van der Waals surface area contributed by atoms with Crippen molar-refractivity contribution < 1.29 is 30.8 Å². The summed E-state index contributed by atoms with van der Waals surface area (Å²) in [5, 5.41) is 11.4. The quantitative estimate of drug-likeness (QED) is 0.446. The zero-order valence-corrected chi connectivity index (χ0v) is 18.0. The topological polar surface area (TPSA) is 126 Å². The van der Waals surface area contributed by atoms with Gasteiger partial charge in [-0.3, -0.25) is 9.78 Å². The van der Waals surface area contributed by atoms with Crippen molar-refractivity contribution in [1.29, 1.82) is 5.26 Å². The van der Waals surface area contributed by atoms with E-state index in [4.69, 9.17) is 9.68 Å². The molecule has 0 saturated carbocycles. The van der Waals surface area contributed by atoms with E-state index in [1.54, 1.807) is 18.5 Å². The van der Waals surface area contributed by atoms with E-state index in [1.807, 2.05) is 13.0 Å². The van der Waals surface area contributed by atoms with Crippen LogP contribution >= 0.6 is 0 Å². The van der Waals surface area contributed by atoms with Crippen molar-refractivity contribution in [3.05, 3.63) is 71.5 Å². The van der Waals surface area contributed by atoms with Gasteiger partial charge in [-0.2, -0.15) is 18.4 Å². The minimum absolute atomic E-state index is 0.123. The van der Waals surface area contributed by atoms with Crippen molar-refractivity contribution in [3.63, 3.8) is 0 Å². The van der Waals surface area contributed by atoms with Crippen LogP contribution in [0, 0.1) is 18.3 Å². The summed E-state index contributed by atoms with van der Waals surface area (Å²) >= 11 is 0. The number of aromatic nitrogens is 2. The van der Waals surface area contributed by atoms with Gasteiger partial charge in [0.25, 0.3) is 15.7 Å². The zero-order valence-electron chi connectivity index (χ0n) is 17.2. The Balaban J connectivity index is 1.70. The molecular formula is C22H13F3N4O4S. The molecule has 2 aromatic carbocycles. The molecular weight excluding hydrogens is 473 g/mol. The van der Waals surface area contributed by atoms with Gasteiger partial charge < -0.3 is 9.73 Å². The first-order valence-electron chi connectivity index (χ1n) is 9.49. The minimum atomic E-state index is -5.84. The maximum atomic E-state index is 13.1. The SMILES string of the molecule is Cc1cncc(-c2nc3cc(NC(=O)c4cc(C#N)ccc4S(=O)(=O)C(F)(F)F)ccc3o2)c1. The number of hydrogen-bond acceptors (Lipinski definition) is 7. The Hall–Kier alpha value is -4.24. The third kappa shape index (κ3) is 4.20. The van der Waals surface area contributed by atoms with Gasteiger partial charge in [0, 0.05) is 18.1 Å². The Bertz CT molecular complexity index is 1590. The number of nitrogens with one attached hydrogen (secondary N) is 1. The Labute approximate surface area is 190 Å². The molecule has 0 aliphatic heterocycles. The maximum Gasteiger partial charge on any atom is 0.501 e. The van der Waals surface area contributed by atoms with Crippen LogP contribution < -0.4 is 5.32 Å². The molecule has 2 heterocycles. The van der Waals surface area contributed by atoms with Crippen LogP contribution in [0.4, 0.5) is 18.9 Å². The number of carbonyl (C=O) groups excluding carboxylic acids is 1. The molecule has 0 atom stereocenters. The van der Waals surface area contributed by atoms with E-state index in [2.05, 4.69) is 15.3 Å². The summed E-state index contributed by atoms with van der Waals surface area (Å²) in [5.41, 5.74) is -4.29. The van der Waals surface area contributed by atoms with E-state index in [9.17, 15) is 26.4 Å². The predicted molar refractivity (Wildman–Crippen MR) is 114 cm³/mol. The highest BCUT2D eigenvalue weighted by molar-refractivity contribution is 7.92. The van der Waals surface area contributed by atoms with Gasteiger partial charge in [0.05, 0.1) is 27.7 Å². The normalized spacial score (nSPS) is 11.9. The van der Waals surface area contributed by atoms with E-state index >= 15 is 0 Å². The number of benzene rings is 2. The summed E-state index contributed by atoms with van der Waals surface area (Å²) in [6, 6.07) is 10.0. The number of aryl methyl sites for hydroxylation is 1. The molecule has 0 fully saturated rings. The summed E-state index contributed by atoms with van der Waals surface area (Å²) in [5.74, 6) is -0.874. The van der Waals surface area contributed by atoms with Gasteiger partial charge >= 0.3 is 5.51 Å². The number of hydrogen-bond donors (Lipinski definition) is 1. The monoisotopic (exact) mass is 486 g/mol. The van der Waals surface area contributed by atoms with Gasteiger partial charge in [-0.05, 0) is 55.0 Å². The van der Waals surface area contributed by atoms with Crippen molar-refractivity contribution in [1.82, 2.24) is 9.97 Å². The van der Waals surface area contributed by atoms with Crippen LogP contribution in [0.15, 0.2) is 64.2 Å². The van der Waals surface area contributed by atoms with Crippen molar-refractivity contribution in [2.45, 2.75) is 17.3 Å². The molecule has 0 radical (unpaired) electrons. The number of sulfone groups is 1. The Kier molecular flexibility index (Phi) is 5.58. The molecule has 4 rings (SSSR count). The Morgan fingerprint density at radius 1 is 1.12 bits per heavy atom. The van der Waals surface area contributed by atoms with E-state index in [0.29, 0.717) is 22.7 Å². The van der Waals surface area contributed by atoms with E-state index < -0.39 is 31.7 Å². The number of carbonyl (C=O) groups is 1. The van der Waals surface area contributed by atoms with Gasteiger partial charge in [-0.1, -0.05) is 0 Å². The number of fused-ring (bicyclic) bond motifs is 1. The van der Waals surface area contributed by atoms with Crippen LogP contribution in [0.25, 0.3) is 22.6 Å². The summed E-state index contributed by atoms with van der Waals surface area (Å²) in [4.78, 5) is 19.9. The lowest BCUT2D eigenvalue weighted by molar-refractivity contribution is -0.0436. The fraction of sp³-hybridized carbons (Fsp3) is 0.0909. The highest BCUT2D eigenvalue weighted by atomic mass is 32.2. The molecule has 8 nitrogen and oxygen atoms in total. The lowest BCUT2D eigenvalue weighted by Gasteiger charge is -2.13. The second-order valence-electron chi connectivity index (χ2n) is 7.18. The number of pyridine rings is 1. The molecule has 34 heavy (non-hydrogen) atoms. The van der Waals surface area contributed by atoms with Crippen molar-refractivity contribution in [2.24, 2.45) is 0 Å². The molecule has 1 N–H and O–H groups in total. The van der Waals surface area contributed by atoms with Gasteiger partial charge in [-0.25, -0.2) is 13.4 Å². The first-order valence-corrected chi connectivity index (χ1v) is 11.0. The number of nitrogens with zero attached hydrogens (tertiary/aromatic N) is 3. The van der Waals surface area contributed by atoms with E-state index in [-0.39, 0.29) is 17.1 Å². The van der Waals surface area contributed by atoms with Crippen molar-refractivity contribution in [2.75, 3.05) is 5.32 Å². The fourth-order valence-corrected chi connectivity index (χ4v) is 4.07. The summed E-state index contributed by atoms with van der Waals surface area (Å²) < 4.78 is 68.9. The van der Waals surface area contributed by atoms with Gasteiger partial charge in [0.1, 0.15) is 5.52 Å². The van der Waals surface area contributed by atoms with Crippen molar-refractivity contribution >= 4 is 32.5 Å². The summed E-state index contributed by atoms with van der Waals surface area (Å²) in [7, 11) is -5.84. The summed E-state index contributed by atoms with van der Waals surface area (Å²) in [6.07, 6.45) is 3.22. The smallest absolute Gasteiger partial charge is 0.436 e. The van der Waals surface area contributed by atoms with Gasteiger partial charge in [0.2, 0.25) is 5.89 Å². The Morgan fingerprint density at radius 2 is 1.88 bits per heavy atom. The number of oxazole rings is 1. The second-order valence-corrected chi connectivity index (χ2v) is 9.09. The first-order chi connectivity index (χ1) is 16.0. The Morgan fingerprint density at radius 3 is 2.56 bits per heavy atom. The lowest BCUT2D eigenvalue weighted by Crippen LogP contribution is -2.26. The average Bonchev–Trinajstić information content (AvgIpc) is 3.21. The average molecular weight is 486 g/mol. The standard InChI is InChI=1S/C22H13F3N4O4S/c1-12-6-14(11-27-10-12)21-29-17-8-15(3-4-18(17)33-21)28-20(30)16-7-13(9-26)2-5-19(16)34(31,32)22(23,24)25/h2-8,10-11H,1H3,(H,28,30). The number of nitriles is 1. The number of amides is 1. The highest BCUT2D eigenvalue weighted by Crippen LogP contribution is 2.33. The predicted octanol–water partition coefficient (Wildman–Crippen LogP) is 4.62. The second kappa shape index (κ2) is 8.27. The molecule has 0 unspecified atom stereocenters. The van der Waals surface area contributed by atoms with Crippen LogP contribution in [0.2, 0.25) is 0 Å². The molecule has 0 aliphatic carbocycles. The van der Waals surface area contributed by atoms with Crippen LogP contribution in [-0.2, 0) is 9.84 Å². The number of anilines is 1. The molecule has 4 aromatic rings. The lowest BCUT2D eigenvalue weighted by atomic mass is 10.1. The van der Waals surface area contributed by atoms with Crippen LogP contribution in [0.3, 0.4) is 0 Å². The molecule has 2 aromatic heterocycles. The molecule has 12 heteroatoms. The van der Waals surface area contributed by atoms with Gasteiger partial charge in [-0.15, -0.1) is 0 Å². The molecule has 0 bridgehead atoms. The highest BCUT2D eigenvalue weighted by Gasteiger charge is 2.48. The third-order valence-electron chi connectivity index (χ3n) is 4.71. The number of rotatable bonds is 4. The molecule has 0 spiro atoms. The molecule has 1 amide bonds. The molecule has 0 aliphatic rings.